The predicted molar refractivity (Wildman–Crippen MR) is 129 cm³/mol. The standard InChI is InChI=1S/C24H29N5OS/c1-29(2)16-21-10-11-22(30-21)17-31-15-14-27-24(28-18-25)26-13-12-20-8-5-7-19-6-3-4-9-23(19)20/h3-11H,12-17H2,1-2H3,(H2,26,27,28). The van der Waals surface area contributed by atoms with Crippen LogP contribution in [0.15, 0.2) is 64.0 Å². The molecule has 3 rings (SSSR count). The van der Waals surface area contributed by atoms with Gasteiger partial charge in [0.05, 0.1) is 18.8 Å². The second-order valence-electron chi connectivity index (χ2n) is 7.44. The van der Waals surface area contributed by atoms with Gasteiger partial charge in [-0.2, -0.15) is 17.0 Å². The normalized spacial score (nSPS) is 11.6. The molecule has 0 bridgehead atoms. The first-order valence-corrected chi connectivity index (χ1v) is 11.5. The van der Waals surface area contributed by atoms with Crippen LogP contribution in [-0.4, -0.2) is 43.8 Å². The Morgan fingerprint density at radius 3 is 2.74 bits per heavy atom. The lowest BCUT2D eigenvalue weighted by Gasteiger charge is -2.10. The number of hydrogen-bond donors (Lipinski definition) is 2. The van der Waals surface area contributed by atoms with Crippen molar-refractivity contribution >= 4 is 28.5 Å². The van der Waals surface area contributed by atoms with Crippen molar-refractivity contribution in [2.75, 3.05) is 32.9 Å². The minimum absolute atomic E-state index is 0.523. The Labute approximate surface area is 188 Å². The fourth-order valence-electron chi connectivity index (χ4n) is 3.31. The number of rotatable bonds is 10. The zero-order chi connectivity index (χ0) is 21.9. The molecule has 6 nitrogen and oxygen atoms in total. The van der Waals surface area contributed by atoms with Crippen LogP contribution in [0.3, 0.4) is 0 Å². The van der Waals surface area contributed by atoms with Gasteiger partial charge in [-0.15, -0.1) is 0 Å². The van der Waals surface area contributed by atoms with Crippen molar-refractivity contribution in [3.05, 3.63) is 71.7 Å². The largest absolute Gasteiger partial charge is 0.464 e. The number of nitriles is 1. The Morgan fingerprint density at radius 2 is 1.90 bits per heavy atom. The molecule has 2 aromatic carbocycles. The highest BCUT2D eigenvalue weighted by Crippen LogP contribution is 2.18. The van der Waals surface area contributed by atoms with Crippen LogP contribution in [-0.2, 0) is 18.7 Å². The molecule has 0 fully saturated rings. The van der Waals surface area contributed by atoms with Gasteiger partial charge < -0.3 is 14.6 Å². The summed E-state index contributed by atoms with van der Waals surface area (Å²) in [6.45, 7) is 2.14. The van der Waals surface area contributed by atoms with E-state index in [1.54, 1.807) is 11.8 Å². The van der Waals surface area contributed by atoms with Crippen molar-refractivity contribution in [2.24, 2.45) is 4.99 Å². The van der Waals surface area contributed by atoms with Gasteiger partial charge in [0, 0.05) is 12.3 Å². The van der Waals surface area contributed by atoms with Crippen LogP contribution in [0.4, 0.5) is 0 Å². The Morgan fingerprint density at radius 1 is 1.10 bits per heavy atom. The van der Waals surface area contributed by atoms with Crippen LogP contribution in [0, 0.1) is 11.5 Å². The SMILES string of the molecule is CN(C)Cc1ccc(CSCCN=C(NC#N)NCCc2cccc3ccccc23)o1. The molecule has 0 saturated carbocycles. The van der Waals surface area contributed by atoms with Gasteiger partial charge in [-0.3, -0.25) is 10.3 Å². The maximum atomic E-state index is 9.01. The van der Waals surface area contributed by atoms with Gasteiger partial charge in [0.25, 0.3) is 0 Å². The molecule has 1 heterocycles. The maximum Gasteiger partial charge on any atom is 0.204 e. The first-order chi connectivity index (χ1) is 15.2. The topological polar surface area (TPSA) is 76.6 Å². The number of thioether (sulfide) groups is 1. The van der Waals surface area contributed by atoms with Gasteiger partial charge in [-0.25, -0.2) is 0 Å². The quantitative estimate of drug-likeness (QED) is 0.165. The van der Waals surface area contributed by atoms with Gasteiger partial charge in [-0.1, -0.05) is 42.5 Å². The molecule has 1 aromatic heterocycles. The van der Waals surface area contributed by atoms with Crippen LogP contribution in [0.25, 0.3) is 10.8 Å². The summed E-state index contributed by atoms with van der Waals surface area (Å²) in [6.07, 6.45) is 2.82. The summed E-state index contributed by atoms with van der Waals surface area (Å²) in [5.74, 6) is 4.16. The molecule has 0 radical (unpaired) electrons. The third-order valence-corrected chi connectivity index (χ3v) is 5.64. The van der Waals surface area contributed by atoms with Crippen molar-refractivity contribution < 1.29 is 4.42 Å². The minimum atomic E-state index is 0.523. The van der Waals surface area contributed by atoms with Crippen molar-refractivity contribution in [2.45, 2.75) is 18.7 Å². The van der Waals surface area contributed by atoms with Gasteiger partial charge in [-0.05, 0) is 49.0 Å². The van der Waals surface area contributed by atoms with E-state index < -0.39 is 0 Å². The van der Waals surface area contributed by atoms with Gasteiger partial charge >= 0.3 is 0 Å². The van der Waals surface area contributed by atoms with Crippen LogP contribution < -0.4 is 10.6 Å². The minimum Gasteiger partial charge on any atom is -0.464 e. The molecule has 162 valence electrons. The molecule has 0 aliphatic carbocycles. The number of nitrogens with zero attached hydrogens (tertiary/aromatic N) is 3. The predicted octanol–water partition coefficient (Wildman–Crippen LogP) is 3.99. The van der Waals surface area contributed by atoms with E-state index >= 15 is 0 Å². The molecule has 7 heteroatoms. The van der Waals surface area contributed by atoms with E-state index in [1.807, 2.05) is 32.4 Å². The highest BCUT2D eigenvalue weighted by atomic mass is 32.2. The molecule has 0 aliphatic heterocycles. The molecule has 0 amide bonds. The van der Waals surface area contributed by atoms with Gasteiger partial charge in [0.15, 0.2) is 6.19 Å². The third kappa shape index (κ3) is 7.35. The highest BCUT2D eigenvalue weighted by Gasteiger charge is 2.04. The van der Waals surface area contributed by atoms with Crippen LogP contribution in [0.2, 0.25) is 0 Å². The molecule has 0 atom stereocenters. The molecule has 3 aromatic rings. The zero-order valence-corrected chi connectivity index (χ0v) is 18.9. The van der Waals surface area contributed by atoms with Crippen LogP contribution in [0.1, 0.15) is 17.1 Å². The third-order valence-electron chi connectivity index (χ3n) is 4.68. The fourth-order valence-corrected chi connectivity index (χ4v) is 4.03. The first kappa shape index (κ1) is 22.7. The number of aliphatic imine (C=N–C) groups is 1. The second-order valence-corrected chi connectivity index (χ2v) is 8.55. The number of benzene rings is 2. The number of nitrogens with one attached hydrogen (secondary N) is 2. The molecular formula is C24H29N5OS. The second kappa shape index (κ2) is 12.0. The zero-order valence-electron chi connectivity index (χ0n) is 18.1. The van der Waals surface area contributed by atoms with Gasteiger partial charge in [0.1, 0.15) is 11.5 Å². The van der Waals surface area contributed by atoms with E-state index in [0.29, 0.717) is 19.0 Å². The number of fused-ring (bicyclic) bond motifs is 1. The van der Waals surface area contributed by atoms with E-state index in [9.17, 15) is 0 Å². The molecule has 2 N–H and O–H groups in total. The number of hydrogen-bond acceptors (Lipinski definition) is 5. The smallest absolute Gasteiger partial charge is 0.204 e. The number of furan rings is 1. The monoisotopic (exact) mass is 435 g/mol. The van der Waals surface area contributed by atoms with Crippen molar-refractivity contribution in [1.82, 2.24) is 15.5 Å². The fraction of sp³-hybridized carbons (Fsp3) is 0.333. The summed E-state index contributed by atoms with van der Waals surface area (Å²) in [7, 11) is 4.05. The van der Waals surface area contributed by atoms with Crippen LogP contribution in [0.5, 0.6) is 0 Å². The summed E-state index contributed by atoms with van der Waals surface area (Å²) in [5.41, 5.74) is 1.28. The maximum absolute atomic E-state index is 9.01. The molecular weight excluding hydrogens is 406 g/mol. The Hall–Kier alpha value is -2.95. The van der Waals surface area contributed by atoms with E-state index in [4.69, 9.17) is 9.68 Å². The summed E-state index contributed by atoms with van der Waals surface area (Å²) < 4.78 is 5.82. The van der Waals surface area contributed by atoms with Crippen molar-refractivity contribution in [3.63, 3.8) is 0 Å². The van der Waals surface area contributed by atoms with Crippen LogP contribution >= 0.6 is 11.8 Å². The summed E-state index contributed by atoms with van der Waals surface area (Å²) in [6, 6.07) is 18.8. The van der Waals surface area contributed by atoms with E-state index in [0.717, 1.165) is 36.0 Å². The van der Waals surface area contributed by atoms with Gasteiger partial charge in [0.2, 0.25) is 5.96 Å². The molecule has 0 unspecified atom stereocenters. The molecule has 0 aliphatic rings. The summed E-state index contributed by atoms with van der Waals surface area (Å²) in [5, 5.41) is 17.4. The Kier molecular flexibility index (Phi) is 8.83. The average molecular weight is 436 g/mol. The highest BCUT2D eigenvalue weighted by molar-refractivity contribution is 7.98. The Bertz CT molecular complexity index is 1030. The first-order valence-electron chi connectivity index (χ1n) is 10.4. The Balaban J connectivity index is 1.42. The molecule has 0 spiro atoms. The summed E-state index contributed by atoms with van der Waals surface area (Å²) in [4.78, 5) is 6.58. The number of guanidine groups is 1. The lowest BCUT2D eigenvalue weighted by molar-refractivity contribution is 0.344. The van der Waals surface area contributed by atoms with E-state index in [-0.39, 0.29) is 0 Å². The van der Waals surface area contributed by atoms with Crippen molar-refractivity contribution in [1.29, 1.82) is 5.26 Å². The van der Waals surface area contributed by atoms with E-state index in [2.05, 4.69) is 63.0 Å². The van der Waals surface area contributed by atoms with E-state index in [1.165, 1.54) is 16.3 Å². The summed E-state index contributed by atoms with van der Waals surface area (Å²) >= 11 is 1.77. The lowest BCUT2D eigenvalue weighted by atomic mass is 10.0. The molecule has 0 saturated heterocycles. The lowest BCUT2D eigenvalue weighted by Crippen LogP contribution is -2.36. The average Bonchev–Trinajstić information content (AvgIpc) is 3.20. The van der Waals surface area contributed by atoms with Crippen molar-refractivity contribution in [3.8, 4) is 6.19 Å². The molecule has 31 heavy (non-hydrogen) atoms.